The van der Waals surface area contributed by atoms with Crippen LogP contribution in [0.25, 0.3) is 0 Å². The highest BCUT2D eigenvalue weighted by Gasteiger charge is 2.17. The smallest absolute Gasteiger partial charge is 0.0816 e. The maximum Gasteiger partial charge on any atom is 0.0816 e. The maximum absolute atomic E-state index is 10.2. The topological polar surface area (TPSA) is 26.7 Å². The molecule has 1 aromatic rings. The van der Waals surface area contributed by atoms with Crippen LogP contribution in [0.2, 0.25) is 10.0 Å². The second-order valence-electron chi connectivity index (χ2n) is 5.12. The van der Waals surface area contributed by atoms with Crippen molar-refractivity contribution in [3.05, 3.63) is 33.8 Å². The van der Waals surface area contributed by atoms with Crippen LogP contribution in [-0.4, -0.2) is 54.7 Å². The molecule has 0 saturated carbocycles. The fourth-order valence-electron chi connectivity index (χ4n) is 2.30. The van der Waals surface area contributed by atoms with E-state index in [0.29, 0.717) is 16.5 Å². The standard InChI is InChI=1S/C14H20Cl2N2O/c1-17-6-8-18(9-7-17)5-4-14(19)12-3-2-11(15)10-13(12)16/h2-3,10,14,19H,4-9H2,1H3. The van der Waals surface area contributed by atoms with E-state index in [1.165, 1.54) is 0 Å². The van der Waals surface area contributed by atoms with Crippen LogP contribution in [-0.2, 0) is 0 Å². The minimum atomic E-state index is -0.524. The summed E-state index contributed by atoms with van der Waals surface area (Å²) in [5, 5.41) is 11.3. The largest absolute Gasteiger partial charge is 0.388 e. The summed E-state index contributed by atoms with van der Waals surface area (Å²) in [4.78, 5) is 4.70. The molecule has 3 nitrogen and oxygen atoms in total. The van der Waals surface area contributed by atoms with Crippen LogP contribution in [0, 0.1) is 0 Å². The lowest BCUT2D eigenvalue weighted by Crippen LogP contribution is -2.44. The first-order valence-corrected chi connectivity index (χ1v) is 7.36. The molecular weight excluding hydrogens is 283 g/mol. The molecule has 19 heavy (non-hydrogen) atoms. The minimum Gasteiger partial charge on any atom is -0.388 e. The Kier molecular flexibility index (Phi) is 5.48. The first kappa shape index (κ1) is 15.1. The van der Waals surface area contributed by atoms with Gasteiger partial charge in [-0.2, -0.15) is 0 Å². The monoisotopic (exact) mass is 302 g/mol. The summed E-state index contributed by atoms with van der Waals surface area (Å²) in [6, 6.07) is 5.25. The molecule has 5 heteroatoms. The van der Waals surface area contributed by atoms with Crippen LogP contribution in [0.15, 0.2) is 18.2 Å². The predicted molar refractivity (Wildman–Crippen MR) is 80.0 cm³/mol. The maximum atomic E-state index is 10.2. The van der Waals surface area contributed by atoms with E-state index < -0.39 is 6.10 Å². The van der Waals surface area contributed by atoms with E-state index in [9.17, 15) is 5.11 Å². The molecule has 1 aliphatic rings. The molecule has 0 bridgehead atoms. The summed E-state index contributed by atoms with van der Waals surface area (Å²) >= 11 is 12.0. The Morgan fingerprint density at radius 1 is 1.21 bits per heavy atom. The Morgan fingerprint density at radius 2 is 1.89 bits per heavy atom. The summed E-state index contributed by atoms with van der Waals surface area (Å²) in [5.74, 6) is 0. The third-order valence-corrected chi connectivity index (χ3v) is 4.20. The fraction of sp³-hybridized carbons (Fsp3) is 0.571. The van der Waals surface area contributed by atoms with E-state index >= 15 is 0 Å². The molecule has 0 spiro atoms. The first-order valence-electron chi connectivity index (χ1n) is 6.60. The van der Waals surface area contributed by atoms with Gasteiger partial charge in [0.15, 0.2) is 0 Å². The summed E-state index contributed by atoms with van der Waals surface area (Å²) in [6.45, 7) is 5.22. The van der Waals surface area contributed by atoms with Gasteiger partial charge in [-0.05, 0) is 31.2 Å². The van der Waals surface area contributed by atoms with E-state index in [2.05, 4.69) is 16.8 Å². The average Bonchev–Trinajstić information content (AvgIpc) is 2.37. The van der Waals surface area contributed by atoms with Crippen molar-refractivity contribution >= 4 is 23.2 Å². The summed E-state index contributed by atoms with van der Waals surface area (Å²) in [5.41, 5.74) is 0.764. The summed E-state index contributed by atoms with van der Waals surface area (Å²) in [6.07, 6.45) is 0.176. The molecule has 106 valence electrons. The highest BCUT2D eigenvalue weighted by atomic mass is 35.5. The molecule has 1 saturated heterocycles. The molecule has 0 radical (unpaired) electrons. The zero-order chi connectivity index (χ0) is 13.8. The fourth-order valence-corrected chi connectivity index (χ4v) is 2.84. The quantitative estimate of drug-likeness (QED) is 0.926. The lowest BCUT2D eigenvalue weighted by Gasteiger charge is -2.32. The Hall–Kier alpha value is -0.320. The molecular formula is C14H20Cl2N2O. The van der Waals surface area contributed by atoms with Crippen LogP contribution in [0.5, 0.6) is 0 Å². The molecule has 1 unspecified atom stereocenters. The lowest BCUT2D eigenvalue weighted by atomic mass is 10.1. The second-order valence-corrected chi connectivity index (χ2v) is 5.96. The van der Waals surface area contributed by atoms with Crippen LogP contribution < -0.4 is 0 Å². The third-order valence-electron chi connectivity index (χ3n) is 3.64. The van der Waals surface area contributed by atoms with Crippen molar-refractivity contribution in [3.63, 3.8) is 0 Å². The van der Waals surface area contributed by atoms with Gasteiger partial charge in [-0.25, -0.2) is 0 Å². The Balaban J connectivity index is 1.85. The van der Waals surface area contributed by atoms with Crippen LogP contribution in [0.1, 0.15) is 18.1 Å². The molecule has 1 atom stereocenters. The number of aliphatic hydroxyl groups is 1. The molecule has 0 aromatic heterocycles. The van der Waals surface area contributed by atoms with Gasteiger partial charge in [0.25, 0.3) is 0 Å². The summed E-state index contributed by atoms with van der Waals surface area (Å²) < 4.78 is 0. The van der Waals surface area contributed by atoms with Gasteiger partial charge in [0.1, 0.15) is 0 Å². The number of benzene rings is 1. The van der Waals surface area contributed by atoms with Gasteiger partial charge < -0.3 is 14.9 Å². The highest BCUT2D eigenvalue weighted by Crippen LogP contribution is 2.28. The van der Waals surface area contributed by atoms with Crippen molar-refractivity contribution in [3.8, 4) is 0 Å². The van der Waals surface area contributed by atoms with Crippen LogP contribution in [0.3, 0.4) is 0 Å². The molecule has 0 aliphatic carbocycles. The third kappa shape index (κ3) is 4.33. The summed E-state index contributed by atoms with van der Waals surface area (Å²) in [7, 11) is 2.14. The Morgan fingerprint density at radius 3 is 2.53 bits per heavy atom. The number of hydrogen-bond acceptors (Lipinski definition) is 3. The van der Waals surface area contributed by atoms with Crippen molar-refractivity contribution < 1.29 is 5.11 Å². The van der Waals surface area contributed by atoms with Crippen molar-refractivity contribution in [2.75, 3.05) is 39.8 Å². The average molecular weight is 303 g/mol. The number of piperazine rings is 1. The minimum absolute atomic E-state index is 0.524. The molecule has 1 fully saturated rings. The van der Waals surface area contributed by atoms with E-state index in [1.807, 2.05) is 0 Å². The number of halogens is 2. The predicted octanol–water partition coefficient (Wildman–Crippen LogP) is 2.66. The molecule has 1 aromatic carbocycles. The molecule has 1 aliphatic heterocycles. The Labute approximate surface area is 124 Å². The van der Waals surface area contributed by atoms with Crippen molar-refractivity contribution in [1.29, 1.82) is 0 Å². The lowest BCUT2D eigenvalue weighted by molar-refractivity contribution is 0.113. The van der Waals surface area contributed by atoms with Gasteiger partial charge in [0, 0.05) is 42.8 Å². The van der Waals surface area contributed by atoms with Crippen molar-refractivity contribution in [2.24, 2.45) is 0 Å². The van der Waals surface area contributed by atoms with Crippen LogP contribution in [0.4, 0.5) is 0 Å². The van der Waals surface area contributed by atoms with Gasteiger partial charge >= 0.3 is 0 Å². The first-order chi connectivity index (χ1) is 9.06. The van der Waals surface area contributed by atoms with Crippen LogP contribution >= 0.6 is 23.2 Å². The van der Waals surface area contributed by atoms with E-state index in [4.69, 9.17) is 23.2 Å². The number of aliphatic hydroxyl groups excluding tert-OH is 1. The number of nitrogens with zero attached hydrogens (tertiary/aromatic N) is 2. The van der Waals surface area contributed by atoms with Gasteiger partial charge in [0.05, 0.1) is 6.10 Å². The number of rotatable bonds is 4. The van der Waals surface area contributed by atoms with Crippen molar-refractivity contribution in [2.45, 2.75) is 12.5 Å². The molecule has 2 rings (SSSR count). The van der Waals surface area contributed by atoms with E-state index in [-0.39, 0.29) is 0 Å². The normalized spacial score (nSPS) is 19.6. The van der Waals surface area contributed by atoms with Gasteiger partial charge in [-0.1, -0.05) is 29.3 Å². The molecule has 1 heterocycles. The van der Waals surface area contributed by atoms with Gasteiger partial charge in [-0.15, -0.1) is 0 Å². The molecule has 0 amide bonds. The van der Waals surface area contributed by atoms with E-state index in [1.54, 1.807) is 18.2 Å². The zero-order valence-electron chi connectivity index (χ0n) is 11.1. The number of hydrogen-bond donors (Lipinski definition) is 1. The highest BCUT2D eigenvalue weighted by molar-refractivity contribution is 6.35. The molecule has 1 N–H and O–H groups in total. The SMILES string of the molecule is CN1CCN(CCC(O)c2ccc(Cl)cc2Cl)CC1. The Bertz CT molecular complexity index is 420. The number of likely N-dealkylation sites (N-methyl/N-ethyl adjacent to an activating group) is 1. The zero-order valence-corrected chi connectivity index (χ0v) is 12.7. The van der Waals surface area contributed by atoms with Gasteiger partial charge in [-0.3, -0.25) is 0 Å². The second kappa shape index (κ2) is 6.91. The van der Waals surface area contributed by atoms with E-state index in [0.717, 1.165) is 38.3 Å². The van der Waals surface area contributed by atoms with Crippen molar-refractivity contribution in [1.82, 2.24) is 9.80 Å². The van der Waals surface area contributed by atoms with Gasteiger partial charge in [0.2, 0.25) is 0 Å².